The highest BCUT2D eigenvalue weighted by Crippen LogP contribution is 2.48. The van der Waals surface area contributed by atoms with Crippen molar-refractivity contribution in [2.24, 2.45) is 0 Å². The number of hydrogen-bond donors (Lipinski definition) is 2. The molecule has 1 heterocycles. The van der Waals surface area contributed by atoms with Gasteiger partial charge in [0.2, 0.25) is 11.5 Å². The average molecular weight is 210 g/mol. The summed E-state index contributed by atoms with van der Waals surface area (Å²) in [7, 11) is 0. The monoisotopic (exact) mass is 210 g/mol. The van der Waals surface area contributed by atoms with E-state index < -0.39 is 0 Å². The van der Waals surface area contributed by atoms with Crippen LogP contribution in [0.4, 0.5) is 0 Å². The first-order valence-corrected chi connectivity index (χ1v) is 4.95. The minimum atomic E-state index is 0.0196. The van der Waals surface area contributed by atoms with Crippen molar-refractivity contribution in [3.05, 3.63) is 11.6 Å². The lowest BCUT2D eigenvalue weighted by atomic mass is 10.0. The van der Waals surface area contributed by atoms with E-state index in [1.165, 1.54) is 6.07 Å². The second-order valence-corrected chi connectivity index (χ2v) is 3.84. The summed E-state index contributed by atoms with van der Waals surface area (Å²) in [6.45, 7) is 4.65. The molecule has 1 aromatic carbocycles. The first kappa shape index (κ1) is 9.96. The third-order valence-electron chi connectivity index (χ3n) is 2.42. The lowest BCUT2D eigenvalue weighted by Crippen LogP contribution is -2.16. The van der Waals surface area contributed by atoms with Crippen molar-refractivity contribution in [3.63, 3.8) is 0 Å². The minimum absolute atomic E-state index is 0.0196. The van der Waals surface area contributed by atoms with E-state index in [1.807, 2.05) is 13.8 Å². The number of fused-ring (bicyclic) bond motifs is 1. The average Bonchev–Trinajstić information content (AvgIpc) is 2.23. The molecule has 0 saturated heterocycles. The highest BCUT2D eigenvalue weighted by molar-refractivity contribution is 5.62. The van der Waals surface area contributed by atoms with Crippen molar-refractivity contribution >= 4 is 0 Å². The predicted octanol–water partition coefficient (Wildman–Crippen LogP) is 1.99. The van der Waals surface area contributed by atoms with Crippen LogP contribution in [0.15, 0.2) is 6.07 Å². The van der Waals surface area contributed by atoms with Gasteiger partial charge in [0.15, 0.2) is 11.5 Å². The molecule has 2 rings (SSSR count). The Labute approximate surface area is 88.1 Å². The molecule has 0 aliphatic carbocycles. The highest BCUT2D eigenvalue weighted by atomic mass is 16.6. The van der Waals surface area contributed by atoms with E-state index >= 15 is 0 Å². The molecule has 1 aliphatic rings. The summed E-state index contributed by atoms with van der Waals surface area (Å²) in [5.74, 6) is 0.698. The van der Waals surface area contributed by atoms with E-state index in [0.717, 1.165) is 0 Å². The summed E-state index contributed by atoms with van der Waals surface area (Å²) in [4.78, 5) is 0. The Morgan fingerprint density at radius 2 is 1.73 bits per heavy atom. The second-order valence-electron chi connectivity index (χ2n) is 3.84. The van der Waals surface area contributed by atoms with Gasteiger partial charge in [-0.1, -0.05) is 13.8 Å². The van der Waals surface area contributed by atoms with Crippen LogP contribution in [0.1, 0.15) is 25.3 Å². The highest BCUT2D eigenvalue weighted by Gasteiger charge is 2.24. The number of aromatic hydroxyl groups is 2. The number of benzene rings is 1. The van der Waals surface area contributed by atoms with E-state index in [-0.39, 0.29) is 28.9 Å². The molecular weight excluding hydrogens is 196 g/mol. The molecule has 0 radical (unpaired) electrons. The molecule has 15 heavy (non-hydrogen) atoms. The fourth-order valence-electron chi connectivity index (χ4n) is 1.64. The van der Waals surface area contributed by atoms with Crippen LogP contribution in [0.3, 0.4) is 0 Å². The molecule has 0 unspecified atom stereocenters. The van der Waals surface area contributed by atoms with Gasteiger partial charge in [0.1, 0.15) is 13.2 Å². The van der Waals surface area contributed by atoms with E-state index in [2.05, 4.69) is 0 Å². The maximum absolute atomic E-state index is 9.91. The standard InChI is InChI=1S/C11H14O4/c1-6(2)7-5-8(12)10-11(9(7)13)15-4-3-14-10/h5-6,12-13H,3-4H2,1-2H3. The Morgan fingerprint density at radius 1 is 1.13 bits per heavy atom. The first-order valence-electron chi connectivity index (χ1n) is 4.95. The molecule has 4 heteroatoms. The van der Waals surface area contributed by atoms with Gasteiger partial charge in [0, 0.05) is 5.56 Å². The molecule has 0 amide bonds. The van der Waals surface area contributed by atoms with Gasteiger partial charge in [-0.05, 0) is 12.0 Å². The number of ether oxygens (including phenoxy) is 2. The molecule has 1 aromatic rings. The molecule has 0 atom stereocenters. The summed E-state index contributed by atoms with van der Waals surface area (Å²) in [5, 5.41) is 19.6. The molecule has 2 N–H and O–H groups in total. The Bertz CT molecular complexity index is 385. The Balaban J connectivity index is 2.59. The zero-order valence-corrected chi connectivity index (χ0v) is 8.78. The van der Waals surface area contributed by atoms with Gasteiger partial charge in [-0.2, -0.15) is 0 Å². The molecule has 0 fully saturated rings. The van der Waals surface area contributed by atoms with Crippen LogP contribution < -0.4 is 9.47 Å². The fourth-order valence-corrected chi connectivity index (χ4v) is 1.64. The molecule has 0 saturated carbocycles. The van der Waals surface area contributed by atoms with E-state index in [4.69, 9.17) is 9.47 Å². The zero-order valence-electron chi connectivity index (χ0n) is 8.78. The Kier molecular flexibility index (Phi) is 2.34. The fraction of sp³-hybridized carbons (Fsp3) is 0.455. The number of phenolic OH excluding ortho intramolecular Hbond substituents is 2. The van der Waals surface area contributed by atoms with Crippen molar-refractivity contribution in [3.8, 4) is 23.0 Å². The maximum atomic E-state index is 9.91. The van der Waals surface area contributed by atoms with Crippen LogP contribution in [-0.4, -0.2) is 23.4 Å². The van der Waals surface area contributed by atoms with Gasteiger partial charge >= 0.3 is 0 Å². The molecule has 0 bridgehead atoms. The SMILES string of the molecule is CC(C)c1cc(O)c2c(c1O)OCCO2. The van der Waals surface area contributed by atoms with E-state index in [1.54, 1.807) is 0 Å². The van der Waals surface area contributed by atoms with E-state index in [9.17, 15) is 10.2 Å². The van der Waals surface area contributed by atoms with Crippen LogP contribution in [0.25, 0.3) is 0 Å². The third-order valence-corrected chi connectivity index (χ3v) is 2.42. The summed E-state index contributed by atoms with van der Waals surface area (Å²) in [6, 6.07) is 1.52. The molecule has 0 spiro atoms. The van der Waals surface area contributed by atoms with Gasteiger partial charge < -0.3 is 19.7 Å². The Hall–Kier alpha value is -1.58. The van der Waals surface area contributed by atoms with Crippen LogP contribution in [0, 0.1) is 0 Å². The third kappa shape index (κ3) is 1.56. The van der Waals surface area contributed by atoms with Crippen molar-refractivity contribution in [2.75, 3.05) is 13.2 Å². The van der Waals surface area contributed by atoms with Gasteiger partial charge in [-0.15, -0.1) is 0 Å². The second kappa shape index (κ2) is 3.53. The molecule has 1 aliphatic heterocycles. The van der Waals surface area contributed by atoms with Gasteiger partial charge in [0.25, 0.3) is 0 Å². The van der Waals surface area contributed by atoms with Crippen LogP contribution >= 0.6 is 0 Å². The summed E-state index contributed by atoms with van der Waals surface area (Å²) in [5.41, 5.74) is 0.664. The van der Waals surface area contributed by atoms with Crippen molar-refractivity contribution in [1.82, 2.24) is 0 Å². The molecular formula is C11H14O4. The van der Waals surface area contributed by atoms with E-state index in [0.29, 0.717) is 18.8 Å². The normalized spacial score (nSPS) is 14.3. The summed E-state index contributed by atoms with van der Waals surface area (Å²) < 4.78 is 10.5. The van der Waals surface area contributed by atoms with Gasteiger partial charge in [-0.25, -0.2) is 0 Å². The van der Waals surface area contributed by atoms with Crippen LogP contribution in [0.2, 0.25) is 0 Å². The predicted molar refractivity (Wildman–Crippen MR) is 54.9 cm³/mol. The van der Waals surface area contributed by atoms with Crippen molar-refractivity contribution < 1.29 is 19.7 Å². The quantitative estimate of drug-likeness (QED) is 0.696. The lowest BCUT2D eigenvalue weighted by molar-refractivity contribution is 0.159. The number of phenols is 2. The largest absolute Gasteiger partial charge is 0.504 e. The maximum Gasteiger partial charge on any atom is 0.207 e. The molecule has 82 valence electrons. The van der Waals surface area contributed by atoms with Crippen molar-refractivity contribution in [2.45, 2.75) is 19.8 Å². The Morgan fingerprint density at radius 3 is 2.33 bits per heavy atom. The number of hydrogen-bond acceptors (Lipinski definition) is 4. The van der Waals surface area contributed by atoms with Crippen molar-refractivity contribution in [1.29, 1.82) is 0 Å². The minimum Gasteiger partial charge on any atom is -0.504 e. The summed E-state index contributed by atoms with van der Waals surface area (Å²) in [6.07, 6.45) is 0. The first-order chi connectivity index (χ1) is 7.11. The zero-order chi connectivity index (χ0) is 11.0. The lowest BCUT2D eigenvalue weighted by Gasteiger charge is -2.22. The smallest absolute Gasteiger partial charge is 0.207 e. The van der Waals surface area contributed by atoms with Crippen LogP contribution in [-0.2, 0) is 0 Å². The van der Waals surface area contributed by atoms with Gasteiger partial charge in [0.05, 0.1) is 0 Å². The number of rotatable bonds is 1. The molecule has 0 aromatic heterocycles. The summed E-state index contributed by atoms with van der Waals surface area (Å²) >= 11 is 0. The topological polar surface area (TPSA) is 58.9 Å². The van der Waals surface area contributed by atoms with Crippen LogP contribution in [0.5, 0.6) is 23.0 Å². The van der Waals surface area contributed by atoms with Gasteiger partial charge in [-0.3, -0.25) is 0 Å². The molecule has 4 nitrogen and oxygen atoms in total.